The molecular formula is C11H10ClN3O4S2. The van der Waals surface area contributed by atoms with Crippen LogP contribution in [0, 0.1) is 17.0 Å². The summed E-state index contributed by atoms with van der Waals surface area (Å²) >= 11 is 6.45. The summed E-state index contributed by atoms with van der Waals surface area (Å²) in [4.78, 5) is 9.99. The molecule has 0 saturated carbocycles. The lowest BCUT2D eigenvalue weighted by Crippen LogP contribution is -2.12. The molecule has 21 heavy (non-hydrogen) atoms. The molecule has 0 bridgehead atoms. The highest BCUT2D eigenvalue weighted by Crippen LogP contribution is 2.35. The van der Waals surface area contributed by atoms with Crippen LogP contribution in [0.15, 0.2) is 28.5 Å². The number of thiophene rings is 1. The van der Waals surface area contributed by atoms with Crippen molar-refractivity contribution in [2.24, 2.45) is 0 Å². The normalized spacial score (nSPS) is 11.3. The van der Waals surface area contributed by atoms with E-state index in [4.69, 9.17) is 17.3 Å². The van der Waals surface area contributed by atoms with E-state index in [0.717, 1.165) is 6.07 Å². The van der Waals surface area contributed by atoms with Crippen LogP contribution in [0.5, 0.6) is 0 Å². The number of hydrogen-bond donors (Lipinski definition) is 2. The molecule has 0 atom stereocenters. The molecule has 1 aromatic carbocycles. The van der Waals surface area contributed by atoms with Crippen LogP contribution < -0.4 is 10.5 Å². The number of hydrogen-bond acceptors (Lipinski definition) is 6. The summed E-state index contributed by atoms with van der Waals surface area (Å²) in [5.41, 5.74) is 5.99. The number of nitro groups is 1. The van der Waals surface area contributed by atoms with Gasteiger partial charge in [0, 0.05) is 11.1 Å². The number of nitrogens with two attached hydrogens (primary N) is 1. The summed E-state index contributed by atoms with van der Waals surface area (Å²) in [6.45, 7) is 1.71. The van der Waals surface area contributed by atoms with E-state index in [9.17, 15) is 18.5 Å². The van der Waals surface area contributed by atoms with Crippen molar-refractivity contribution in [1.29, 1.82) is 0 Å². The average Bonchev–Trinajstić information content (AvgIpc) is 2.77. The van der Waals surface area contributed by atoms with Gasteiger partial charge in [0.2, 0.25) is 0 Å². The highest BCUT2D eigenvalue weighted by Gasteiger charge is 2.25. The van der Waals surface area contributed by atoms with Crippen LogP contribution in [0.2, 0.25) is 5.02 Å². The molecule has 112 valence electrons. The molecule has 0 aliphatic heterocycles. The predicted molar refractivity (Wildman–Crippen MR) is 82.4 cm³/mol. The van der Waals surface area contributed by atoms with E-state index in [1.54, 1.807) is 19.1 Å². The molecule has 0 aliphatic carbocycles. The zero-order valence-electron chi connectivity index (χ0n) is 10.7. The Morgan fingerprint density at radius 1 is 1.38 bits per heavy atom. The SMILES string of the molecule is Cc1ccc(Cl)cc1NS(=O)(=O)c1cc([N+](=O)[O-])c(N)s1. The Hall–Kier alpha value is -1.84. The Morgan fingerprint density at radius 3 is 2.62 bits per heavy atom. The smallest absolute Gasteiger partial charge is 0.304 e. The van der Waals surface area contributed by atoms with Crippen molar-refractivity contribution in [1.82, 2.24) is 0 Å². The molecule has 10 heteroatoms. The Labute approximate surface area is 129 Å². The molecule has 2 aromatic rings. The fourth-order valence-corrected chi connectivity index (χ4v) is 4.05. The Morgan fingerprint density at radius 2 is 2.05 bits per heavy atom. The Bertz CT molecular complexity index is 817. The van der Waals surface area contributed by atoms with E-state index >= 15 is 0 Å². The first-order valence-electron chi connectivity index (χ1n) is 5.53. The fourth-order valence-electron chi connectivity index (χ4n) is 1.55. The van der Waals surface area contributed by atoms with Crippen molar-refractivity contribution >= 4 is 49.3 Å². The second kappa shape index (κ2) is 5.51. The van der Waals surface area contributed by atoms with Gasteiger partial charge in [0.05, 0.1) is 10.6 Å². The van der Waals surface area contributed by atoms with Crippen LogP contribution in [0.3, 0.4) is 0 Å². The fraction of sp³-hybridized carbons (Fsp3) is 0.0909. The highest BCUT2D eigenvalue weighted by molar-refractivity contribution is 7.94. The van der Waals surface area contributed by atoms with Crippen LogP contribution in [-0.4, -0.2) is 13.3 Å². The topological polar surface area (TPSA) is 115 Å². The number of rotatable bonds is 4. The standard InChI is InChI=1S/C11H10ClN3O4S2/c1-6-2-3-7(12)4-8(6)14-21(18,19)10-5-9(15(16)17)11(13)20-10/h2-5,14H,13H2,1H3. The summed E-state index contributed by atoms with van der Waals surface area (Å²) in [5, 5.41) is 10.9. The van der Waals surface area contributed by atoms with E-state index < -0.39 is 20.6 Å². The number of nitrogens with zero attached hydrogens (tertiary/aromatic N) is 1. The van der Waals surface area contributed by atoms with Crippen molar-refractivity contribution < 1.29 is 13.3 Å². The van der Waals surface area contributed by atoms with Gasteiger partial charge in [0.1, 0.15) is 4.21 Å². The van der Waals surface area contributed by atoms with E-state index in [2.05, 4.69) is 4.72 Å². The zero-order chi connectivity index (χ0) is 15.8. The first kappa shape index (κ1) is 15.5. The molecule has 1 heterocycles. The van der Waals surface area contributed by atoms with Gasteiger partial charge in [-0.15, -0.1) is 0 Å². The molecule has 3 N–H and O–H groups in total. The molecule has 7 nitrogen and oxygen atoms in total. The van der Waals surface area contributed by atoms with Crippen LogP contribution in [0.25, 0.3) is 0 Å². The van der Waals surface area contributed by atoms with Gasteiger partial charge in [-0.1, -0.05) is 29.0 Å². The van der Waals surface area contributed by atoms with Gasteiger partial charge in [-0.2, -0.15) is 0 Å². The number of benzene rings is 1. The van der Waals surface area contributed by atoms with Crippen molar-refractivity contribution in [3.05, 3.63) is 45.0 Å². The third-order valence-electron chi connectivity index (χ3n) is 2.62. The number of nitrogen functional groups attached to an aromatic ring is 1. The number of aryl methyl sites for hydroxylation is 1. The average molecular weight is 348 g/mol. The largest absolute Gasteiger partial charge is 0.385 e. The first-order chi connectivity index (χ1) is 9.70. The van der Waals surface area contributed by atoms with Crippen LogP contribution in [0.4, 0.5) is 16.4 Å². The maximum absolute atomic E-state index is 12.2. The van der Waals surface area contributed by atoms with Gasteiger partial charge in [0.15, 0.2) is 5.00 Å². The van der Waals surface area contributed by atoms with Crippen molar-refractivity contribution in [2.45, 2.75) is 11.1 Å². The minimum atomic E-state index is -3.96. The third kappa shape index (κ3) is 3.26. The van der Waals surface area contributed by atoms with E-state index in [-0.39, 0.29) is 9.21 Å². The minimum absolute atomic E-state index is 0.164. The zero-order valence-corrected chi connectivity index (χ0v) is 13.1. The summed E-state index contributed by atoms with van der Waals surface area (Å²) in [6.07, 6.45) is 0. The van der Waals surface area contributed by atoms with Gasteiger partial charge < -0.3 is 5.73 Å². The number of halogens is 1. The molecule has 0 spiro atoms. The van der Waals surface area contributed by atoms with Gasteiger partial charge in [-0.25, -0.2) is 8.42 Å². The summed E-state index contributed by atoms with van der Waals surface area (Å²) < 4.78 is 26.6. The Balaban J connectivity index is 2.41. The molecular weight excluding hydrogens is 338 g/mol. The second-order valence-electron chi connectivity index (χ2n) is 4.14. The van der Waals surface area contributed by atoms with Crippen molar-refractivity contribution in [3.8, 4) is 0 Å². The van der Waals surface area contributed by atoms with Gasteiger partial charge in [-0.05, 0) is 24.6 Å². The summed E-state index contributed by atoms with van der Waals surface area (Å²) in [7, 11) is -3.96. The molecule has 2 rings (SSSR count). The maximum atomic E-state index is 12.2. The molecule has 0 saturated heterocycles. The molecule has 1 aromatic heterocycles. The highest BCUT2D eigenvalue weighted by atomic mass is 35.5. The molecule has 0 amide bonds. The van der Waals surface area contributed by atoms with E-state index in [1.165, 1.54) is 6.07 Å². The third-order valence-corrected chi connectivity index (χ3v) is 5.65. The lowest BCUT2D eigenvalue weighted by Gasteiger charge is -2.09. The second-order valence-corrected chi connectivity index (χ2v) is 7.57. The quantitative estimate of drug-likeness (QED) is 0.651. The van der Waals surface area contributed by atoms with Crippen molar-refractivity contribution in [2.75, 3.05) is 10.5 Å². The molecule has 0 aliphatic rings. The molecule has 0 fully saturated rings. The summed E-state index contributed by atoms with van der Waals surface area (Å²) in [5.74, 6) is 0. The molecule has 0 unspecified atom stereocenters. The number of anilines is 2. The Kier molecular flexibility index (Phi) is 4.08. The van der Waals surface area contributed by atoms with Crippen LogP contribution >= 0.6 is 22.9 Å². The predicted octanol–water partition coefficient (Wildman–Crippen LogP) is 3.00. The minimum Gasteiger partial charge on any atom is -0.385 e. The van der Waals surface area contributed by atoms with E-state index in [0.29, 0.717) is 27.6 Å². The van der Waals surface area contributed by atoms with Gasteiger partial charge in [-0.3, -0.25) is 14.8 Å². The van der Waals surface area contributed by atoms with Crippen LogP contribution in [0.1, 0.15) is 5.56 Å². The number of nitrogens with one attached hydrogen (secondary N) is 1. The van der Waals surface area contributed by atoms with E-state index in [1.807, 2.05) is 0 Å². The molecule has 0 radical (unpaired) electrons. The number of sulfonamides is 1. The van der Waals surface area contributed by atoms with Gasteiger partial charge in [0.25, 0.3) is 10.0 Å². The maximum Gasteiger partial charge on any atom is 0.304 e. The first-order valence-corrected chi connectivity index (χ1v) is 8.21. The van der Waals surface area contributed by atoms with Crippen LogP contribution in [-0.2, 0) is 10.0 Å². The van der Waals surface area contributed by atoms with Crippen molar-refractivity contribution in [3.63, 3.8) is 0 Å². The van der Waals surface area contributed by atoms with Gasteiger partial charge >= 0.3 is 5.69 Å². The summed E-state index contributed by atoms with van der Waals surface area (Å²) in [6, 6.07) is 5.68. The lowest BCUT2D eigenvalue weighted by atomic mass is 10.2. The monoisotopic (exact) mass is 347 g/mol. The lowest BCUT2D eigenvalue weighted by molar-refractivity contribution is -0.383.